The Morgan fingerprint density at radius 1 is 1.38 bits per heavy atom. The molecule has 1 atom stereocenters. The Hall–Kier alpha value is -0.570. The maximum Gasteiger partial charge on any atom is 0.223 e. The van der Waals surface area contributed by atoms with Crippen LogP contribution in [0.25, 0.3) is 0 Å². The Labute approximate surface area is 98.6 Å². The van der Waals surface area contributed by atoms with Gasteiger partial charge in [0.1, 0.15) is 0 Å². The van der Waals surface area contributed by atoms with E-state index in [0.717, 1.165) is 25.7 Å². The van der Waals surface area contributed by atoms with Crippen molar-refractivity contribution in [1.29, 1.82) is 0 Å². The van der Waals surface area contributed by atoms with Gasteiger partial charge in [-0.25, -0.2) is 0 Å². The highest BCUT2D eigenvalue weighted by Gasteiger charge is 2.33. The van der Waals surface area contributed by atoms with Crippen LogP contribution in [-0.4, -0.2) is 23.2 Å². The Kier molecular flexibility index (Phi) is 4.00. The van der Waals surface area contributed by atoms with Gasteiger partial charge < -0.3 is 10.4 Å². The number of carbonyl (C=O) groups is 1. The molecule has 0 saturated heterocycles. The van der Waals surface area contributed by atoms with E-state index in [4.69, 9.17) is 0 Å². The molecule has 16 heavy (non-hydrogen) atoms. The summed E-state index contributed by atoms with van der Waals surface area (Å²) in [6.45, 7) is 8.52. The van der Waals surface area contributed by atoms with Gasteiger partial charge in [-0.05, 0) is 18.3 Å². The molecule has 1 aliphatic rings. The third-order valence-corrected chi connectivity index (χ3v) is 3.82. The first kappa shape index (κ1) is 13.5. The normalized spacial score (nSPS) is 21.8. The van der Waals surface area contributed by atoms with E-state index in [0.29, 0.717) is 6.54 Å². The lowest BCUT2D eigenvalue weighted by molar-refractivity contribution is -0.128. The number of rotatable bonds is 3. The summed E-state index contributed by atoms with van der Waals surface area (Å²) in [6.07, 6.45) is 3.77. The molecule has 94 valence electrons. The van der Waals surface area contributed by atoms with Crippen molar-refractivity contribution in [1.82, 2.24) is 5.32 Å². The fourth-order valence-electron chi connectivity index (χ4n) is 2.01. The van der Waals surface area contributed by atoms with Crippen molar-refractivity contribution in [3.63, 3.8) is 0 Å². The van der Waals surface area contributed by atoms with E-state index in [2.05, 4.69) is 26.1 Å². The molecule has 0 radical (unpaired) electrons. The van der Waals surface area contributed by atoms with Gasteiger partial charge in [-0.1, -0.05) is 40.5 Å². The maximum atomic E-state index is 11.9. The van der Waals surface area contributed by atoms with Gasteiger partial charge >= 0.3 is 0 Å². The minimum absolute atomic E-state index is 0.0254. The van der Waals surface area contributed by atoms with Crippen LogP contribution in [0.3, 0.4) is 0 Å². The van der Waals surface area contributed by atoms with Crippen molar-refractivity contribution in [2.24, 2.45) is 11.3 Å². The standard InChI is InChI=1S/C13H25NO2/c1-10(12(2,3)4)11(15)14-9-13(16)7-5-6-8-13/h10,16H,5-9H2,1-4H3,(H,14,15). The second kappa shape index (κ2) is 4.74. The molecular weight excluding hydrogens is 202 g/mol. The van der Waals surface area contributed by atoms with Crippen LogP contribution < -0.4 is 5.32 Å². The van der Waals surface area contributed by atoms with Crippen LogP contribution in [-0.2, 0) is 4.79 Å². The summed E-state index contributed by atoms with van der Waals surface area (Å²) in [7, 11) is 0. The van der Waals surface area contributed by atoms with Gasteiger partial charge in [-0.3, -0.25) is 4.79 Å². The Balaban J connectivity index is 2.40. The number of carbonyl (C=O) groups excluding carboxylic acids is 1. The monoisotopic (exact) mass is 227 g/mol. The minimum atomic E-state index is -0.646. The SMILES string of the molecule is CC(C(=O)NCC1(O)CCCC1)C(C)(C)C. The number of nitrogens with one attached hydrogen (secondary N) is 1. The van der Waals surface area contributed by atoms with Gasteiger partial charge in [0.15, 0.2) is 0 Å². The zero-order valence-corrected chi connectivity index (χ0v) is 11.0. The van der Waals surface area contributed by atoms with E-state index in [-0.39, 0.29) is 17.2 Å². The van der Waals surface area contributed by atoms with Crippen LogP contribution in [0.1, 0.15) is 53.4 Å². The molecule has 3 heteroatoms. The second-order valence-electron chi connectivity index (χ2n) is 6.24. The largest absolute Gasteiger partial charge is 0.388 e. The fraction of sp³-hybridized carbons (Fsp3) is 0.923. The molecule has 0 aromatic carbocycles. The molecule has 1 rings (SSSR count). The van der Waals surface area contributed by atoms with Crippen molar-refractivity contribution in [3.8, 4) is 0 Å². The molecule has 2 N–H and O–H groups in total. The molecule has 1 saturated carbocycles. The molecular formula is C13H25NO2. The summed E-state index contributed by atoms with van der Waals surface area (Å²) >= 11 is 0. The van der Waals surface area contributed by atoms with Crippen LogP contribution in [0.15, 0.2) is 0 Å². The molecule has 0 spiro atoms. The average molecular weight is 227 g/mol. The molecule has 1 unspecified atom stereocenters. The molecule has 1 amide bonds. The predicted molar refractivity (Wildman–Crippen MR) is 65.0 cm³/mol. The highest BCUT2D eigenvalue weighted by Crippen LogP contribution is 2.29. The van der Waals surface area contributed by atoms with Crippen LogP contribution in [0.5, 0.6) is 0 Å². The lowest BCUT2D eigenvalue weighted by Crippen LogP contribution is -2.44. The van der Waals surface area contributed by atoms with Crippen molar-refractivity contribution < 1.29 is 9.90 Å². The summed E-state index contributed by atoms with van der Waals surface area (Å²) < 4.78 is 0. The topological polar surface area (TPSA) is 49.3 Å². The Morgan fingerprint density at radius 3 is 2.31 bits per heavy atom. The quantitative estimate of drug-likeness (QED) is 0.775. The van der Waals surface area contributed by atoms with Crippen molar-refractivity contribution in [2.45, 2.75) is 59.0 Å². The first-order valence-electron chi connectivity index (χ1n) is 6.25. The summed E-state index contributed by atoms with van der Waals surface area (Å²) in [5.41, 5.74) is -0.671. The summed E-state index contributed by atoms with van der Waals surface area (Å²) in [4.78, 5) is 11.9. The van der Waals surface area contributed by atoms with E-state index in [1.54, 1.807) is 0 Å². The van der Waals surface area contributed by atoms with Crippen LogP contribution >= 0.6 is 0 Å². The Bertz CT molecular complexity index is 249. The molecule has 0 aromatic rings. The first-order valence-corrected chi connectivity index (χ1v) is 6.25. The zero-order valence-electron chi connectivity index (χ0n) is 11.0. The van der Waals surface area contributed by atoms with Gasteiger partial charge in [0, 0.05) is 12.5 Å². The van der Waals surface area contributed by atoms with E-state index in [1.165, 1.54) is 0 Å². The molecule has 0 bridgehead atoms. The number of amides is 1. The first-order chi connectivity index (χ1) is 7.25. The highest BCUT2D eigenvalue weighted by atomic mass is 16.3. The van der Waals surface area contributed by atoms with Crippen molar-refractivity contribution in [3.05, 3.63) is 0 Å². The average Bonchev–Trinajstić information content (AvgIpc) is 2.60. The summed E-state index contributed by atoms with van der Waals surface area (Å²) in [6, 6.07) is 0. The van der Waals surface area contributed by atoms with Gasteiger partial charge in [-0.15, -0.1) is 0 Å². The smallest absolute Gasteiger partial charge is 0.223 e. The van der Waals surface area contributed by atoms with Gasteiger partial charge in [0.25, 0.3) is 0 Å². The molecule has 1 aliphatic carbocycles. The van der Waals surface area contributed by atoms with Crippen molar-refractivity contribution in [2.75, 3.05) is 6.54 Å². The van der Waals surface area contributed by atoms with Crippen LogP contribution in [0.2, 0.25) is 0 Å². The molecule has 0 heterocycles. The number of hydrogen-bond donors (Lipinski definition) is 2. The molecule has 0 aromatic heterocycles. The Morgan fingerprint density at radius 2 is 1.88 bits per heavy atom. The van der Waals surface area contributed by atoms with E-state index in [1.807, 2.05) is 6.92 Å². The van der Waals surface area contributed by atoms with Gasteiger partial charge in [0.2, 0.25) is 5.91 Å². The fourth-order valence-corrected chi connectivity index (χ4v) is 2.01. The molecule has 1 fully saturated rings. The third kappa shape index (κ3) is 3.48. The zero-order chi connectivity index (χ0) is 12.4. The van der Waals surface area contributed by atoms with Crippen molar-refractivity contribution >= 4 is 5.91 Å². The maximum absolute atomic E-state index is 11.9. The lowest BCUT2D eigenvalue weighted by Gasteiger charge is -2.28. The number of aliphatic hydroxyl groups is 1. The second-order valence-corrected chi connectivity index (χ2v) is 6.24. The highest BCUT2D eigenvalue weighted by molar-refractivity contribution is 5.79. The van der Waals surface area contributed by atoms with E-state index >= 15 is 0 Å². The molecule has 3 nitrogen and oxygen atoms in total. The van der Waals surface area contributed by atoms with Crippen LogP contribution in [0.4, 0.5) is 0 Å². The van der Waals surface area contributed by atoms with Gasteiger partial charge in [0.05, 0.1) is 5.60 Å². The molecule has 0 aliphatic heterocycles. The van der Waals surface area contributed by atoms with Crippen LogP contribution in [0, 0.1) is 11.3 Å². The predicted octanol–water partition coefficient (Wildman–Crippen LogP) is 2.09. The number of hydrogen-bond acceptors (Lipinski definition) is 2. The van der Waals surface area contributed by atoms with Gasteiger partial charge in [-0.2, -0.15) is 0 Å². The lowest BCUT2D eigenvalue weighted by atomic mass is 9.81. The van der Waals surface area contributed by atoms with E-state index < -0.39 is 5.60 Å². The summed E-state index contributed by atoms with van der Waals surface area (Å²) in [5, 5.41) is 13.0. The van der Waals surface area contributed by atoms with E-state index in [9.17, 15) is 9.90 Å². The minimum Gasteiger partial charge on any atom is -0.388 e. The third-order valence-electron chi connectivity index (χ3n) is 3.82. The summed E-state index contributed by atoms with van der Waals surface area (Å²) in [5.74, 6) is 0.0188.